The maximum Gasteiger partial charge on any atom is 0.339 e. The Morgan fingerprint density at radius 2 is 1.84 bits per heavy atom. The Hall–Kier alpha value is -1.98. The Morgan fingerprint density at radius 1 is 1.16 bits per heavy atom. The summed E-state index contributed by atoms with van der Waals surface area (Å²) in [5.74, 6) is -1.87. The molecule has 1 amide bonds. The Balaban J connectivity index is 2.42. The summed E-state index contributed by atoms with van der Waals surface area (Å²) in [5.41, 5.74) is -0.336. The van der Waals surface area contributed by atoms with E-state index in [0.717, 1.165) is 0 Å². The molecular formula is C12H7Cl2NO4. The van der Waals surface area contributed by atoms with Gasteiger partial charge in [0.05, 0.1) is 22.0 Å². The quantitative estimate of drug-likeness (QED) is 0.908. The van der Waals surface area contributed by atoms with Gasteiger partial charge in [0, 0.05) is 0 Å². The number of halogens is 2. The molecule has 98 valence electrons. The summed E-state index contributed by atoms with van der Waals surface area (Å²) in [6, 6.07) is 5.71. The Kier molecular flexibility index (Phi) is 3.78. The lowest BCUT2D eigenvalue weighted by molar-refractivity contribution is 0.0698. The highest BCUT2D eigenvalue weighted by Crippen LogP contribution is 2.32. The number of nitrogens with one attached hydrogen (secondary N) is 1. The predicted molar refractivity (Wildman–Crippen MR) is 70.1 cm³/mol. The number of hydrogen-bond acceptors (Lipinski definition) is 3. The van der Waals surface area contributed by atoms with E-state index in [0.29, 0.717) is 0 Å². The fraction of sp³-hybridized carbons (Fsp3) is 0. The fourth-order valence-corrected chi connectivity index (χ4v) is 1.91. The van der Waals surface area contributed by atoms with Crippen molar-refractivity contribution in [2.24, 2.45) is 0 Å². The van der Waals surface area contributed by atoms with Gasteiger partial charge in [-0.1, -0.05) is 23.2 Å². The van der Waals surface area contributed by atoms with Gasteiger partial charge in [0.2, 0.25) is 0 Å². The minimum atomic E-state index is -1.29. The van der Waals surface area contributed by atoms with Gasteiger partial charge in [-0.2, -0.15) is 0 Å². The summed E-state index contributed by atoms with van der Waals surface area (Å²) >= 11 is 11.7. The number of aromatic carboxylic acids is 1. The van der Waals surface area contributed by atoms with Gasteiger partial charge in [-0.25, -0.2) is 4.79 Å². The van der Waals surface area contributed by atoms with Gasteiger partial charge in [0.25, 0.3) is 5.91 Å². The first-order chi connectivity index (χ1) is 9.00. The predicted octanol–water partition coefficient (Wildman–Crippen LogP) is 3.54. The zero-order valence-corrected chi connectivity index (χ0v) is 10.8. The van der Waals surface area contributed by atoms with E-state index < -0.39 is 11.9 Å². The molecule has 0 aliphatic carbocycles. The second-order valence-electron chi connectivity index (χ2n) is 3.52. The third kappa shape index (κ3) is 2.72. The molecular weight excluding hydrogens is 293 g/mol. The van der Waals surface area contributed by atoms with Crippen LogP contribution >= 0.6 is 23.2 Å². The van der Waals surface area contributed by atoms with Gasteiger partial charge in [0.1, 0.15) is 5.56 Å². The van der Waals surface area contributed by atoms with Crippen molar-refractivity contribution in [2.45, 2.75) is 0 Å². The van der Waals surface area contributed by atoms with Crippen molar-refractivity contribution in [3.05, 3.63) is 51.9 Å². The molecule has 0 saturated heterocycles. The molecule has 2 rings (SSSR count). The zero-order valence-electron chi connectivity index (χ0n) is 9.31. The maximum atomic E-state index is 11.8. The average molecular weight is 300 g/mol. The Bertz CT molecular complexity index is 637. The van der Waals surface area contributed by atoms with Crippen molar-refractivity contribution in [1.29, 1.82) is 0 Å². The van der Waals surface area contributed by atoms with Gasteiger partial charge in [-0.3, -0.25) is 4.79 Å². The summed E-state index contributed by atoms with van der Waals surface area (Å²) in [4.78, 5) is 23.0. The van der Waals surface area contributed by atoms with Crippen LogP contribution in [0.4, 0.5) is 5.69 Å². The van der Waals surface area contributed by atoms with E-state index in [4.69, 9.17) is 32.7 Å². The Morgan fingerprint density at radius 3 is 2.42 bits per heavy atom. The molecule has 0 atom stereocenters. The van der Waals surface area contributed by atoms with Gasteiger partial charge in [-0.15, -0.1) is 0 Å². The van der Waals surface area contributed by atoms with E-state index in [9.17, 15) is 9.59 Å². The first kappa shape index (κ1) is 13.5. The molecule has 0 saturated carbocycles. The summed E-state index contributed by atoms with van der Waals surface area (Å²) < 4.78 is 4.90. The van der Waals surface area contributed by atoms with E-state index in [1.165, 1.54) is 30.5 Å². The zero-order chi connectivity index (χ0) is 14.0. The molecule has 0 fully saturated rings. The number of amides is 1. The number of carbonyl (C=O) groups is 2. The van der Waals surface area contributed by atoms with E-state index in [-0.39, 0.29) is 27.1 Å². The van der Waals surface area contributed by atoms with Crippen LogP contribution in [0, 0.1) is 0 Å². The lowest BCUT2D eigenvalue weighted by Crippen LogP contribution is -2.15. The molecule has 0 radical (unpaired) electrons. The number of furan rings is 1. The number of hydrogen-bond donors (Lipinski definition) is 2. The average Bonchev–Trinajstić information content (AvgIpc) is 2.87. The maximum absolute atomic E-state index is 11.8. The number of rotatable bonds is 3. The number of carboxylic acids is 1. The number of benzene rings is 1. The van der Waals surface area contributed by atoms with Crippen molar-refractivity contribution in [3.63, 3.8) is 0 Å². The van der Waals surface area contributed by atoms with Crippen LogP contribution in [-0.2, 0) is 0 Å². The smallest absolute Gasteiger partial charge is 0.339 e. The topological polar surface area (TPSA) is 79.5 Å². The van der Waals surface area contributed by atoms with E-state index in [1.54, 1.807) is 0 Å². The summed E-state index contributed by atoms with van der Waals surface area (Å²) in [6.45, 7) is 0. The van der Waals surface area contributed by atoms with Crippen LogP contribution in [0.2, 0.25) is 10.0 Å². The minimum Gasteiger partial charge on any atom is -0.478 e. The van der Waals surface area contributed by atoms with E-state index >= 15 is 0 Å². The number of anilines is 1. The Labute approximate surface area is 117 Å². The highest BCUT2D eigenvalue weighted by molar-refractivity contribution is 6.38. The summed E-state index contributed by atoms with van der Waals surface area (Å²) in [5, 5.41) is 11.5. The fourth-order valence-electron chi connectivity index (χ4n) is 1.47. The van der Waals surface area contributed by atoms with Crippen LogP contribution in [0.5, 0.6) is 0 Å². The molecule has 0 unspecified atom stereocenters. The molecule has 0 spiro atoms. The van der Waals surface area contributed by atoms with Gasteiger partial charge in [-0.05, 0) is 24.3 Å². The van der Waals surface area contributed by atoms with Crippen LogP contribution in [-0.4, -0.2) is 17.0 Å². The second kappa shape index (κ2) is 5.34. The first-order valence-corrected chi connectivity index (χ1v) is 5.82. The van der Waals surface area contributed by atoms with Crippen molar-refractivity contribution in [3.8, 4) is 0 Å². The molecule has 0 aliphatic heterocycles. The number of carboxylic acid groups (broad SMARTS) is 1. The monoisotopic (exact) mass is 299 g/mol. The molecule has 2 N–H and O–H groups in total. The standard InChI is InChI=1S/C12H7Cl2NO4/c13-6-3-4-7(14)10(9(6)12(17)18)15-11(16)8-2-1-5-19-8/h1-5H,(H,15,16)(H,17,18). The molecule has 5 nitrogen and oxygen atoms in total. The lowest BCUT2D eigenvalue weighted by Gasteiger charge is -2.10. The SMILES string of the molecule is O=C(Nc1c(Cl)ccc(Cl)c1C(=O)O)c1ccco1. The number of carbonyl (C=O) groups excluding carboxylic acids is 1. The van der Waals surface area contributed by atoms with Crippen LogP contribution in [0.3, 0.4) is 0 Å². The second-order valence-corrected chi connectivity index (χ2v) is 4.33. The highest BCUT2D eigenvalue weighted by Gasteiger charge is 2.20. The molecule has 0 bridgehead atoms. The molecule has 2 aromatic rings. The minimum absolute atomic E-state index is 0.0216. The van der Waals surface area contributed by atoms with Crippen molar-refractivity contribution in [2.75, 3.05) is 5.32 Å². The normalized spacial score (nSPS) is 10.2. The molecule has 1 heterocycles. The van der Waals surface area contributed by atoms with Crippen molar-refractivity contribution < 1.29 is 19.1 Å². The van der Waals surface area contributed by atoms with Crippen molar-refractivity contribution in [1.82, 2.24) is 0 Å². The highest BCUT2D eigenvalue weighted by atomic mass is 35.5. The summed E-state index contributed by atoms with van der Waals surface area (Å²) in [7, 11) is 0. The third-order valence-electron chi connectivity index (χ3n) is 2.30. The van der Waals surface area contributed by atoms with Crippen LogP contribution in [0.25, 0.3) is 0 Å². The molecule has 0 aliphatic rings. The molecule has 19 heavy (non-hydrogen) atoms. The van der Waals surface area contributed by atoms with Gasteiger partial charge < -0.3 is 14.8 Å². The lowest BCUT2D eigenvalue weighted by atomic mass is 10.1. The van der Waals surface area contributed by atoms with Gasteiger partial charge in [0.15, 0.2) is 5.76 Å². The third-order valence-corrected chi connectivity index (χ3v) is 2.93. The van der Waals surface area contributed by atoms with E-state index in [1.807, 2.05) is 0 Å². The van der Waals surface area contributed by atoms with Crippen LogP contribution < -0.4 is 5.32 Å². The largest absolute Gasteiger partial charge is 0.478 e. The first-order valence-electron chi connectivity index (χ1n) is 5.07. The molecule has 1 aromatic heterocycles. The molecule has 1 aromatic carbocycles. The van der Waals surface area contributed by atoms with Crippen LogP contribution in [0.15, 0.2) is 34.9 Å². The van der Waals surface area contributed by atoms with Crippen LogP contribution in [0.1, 0.15) is 20.9 Å². The van der Waals surface area contributed by atoms with Crippen molar-refractivity contribution >= 4 is 40.8 Å². The summed E-state index contributed by atoms with van der Waals surface area (Å²) in [6.07, 6.45) is 1.33. The molecule has 7 heteroatoms. The van der Waals surface area contributed by atoms with Gasteiger partial charge >= 0.3 is 5.97 Å². The van der Waals surface area contributed by atoms with E-state index in [2.05, 4.69) is 5.32 Å².